The van der Waals surface area contributed by atoms with Crippen LogP contribution in [-0.2, 0) is 11.2 Å². The monoisotopic (exact) mass is 278 g/mol. The summed E-state index contributed by atoms with van der Waals surface area (Å²) in [5.74, 6) is 0.555. The summed E-state index contributed by atoms with van der Waals surface area (Å²) in [6.45, 7) is 0.750. The SMILES string of the molecule is N[C@@H]1CCC[C@H]1CC(=O)N1CCc2c(Cl)cccc21. The standard InChI is InChI=1S/C15H19ClN2O/c16-12-4-2-6-14-11(12)7-8-18(14)15(19)9-10-3-1-5-13(10)17/h2,4,6,10,13H,1,3,5,7-9,17H2/t10-,13+/m0/s1. The highest BCUT2D eigenvalue weighted by Gasteiger charge is 2.31. The highest BCUT2D eigenvalue weighted by molar-refractivity contribution is 6.32. The number of anilines is 1. The van der Waals surface area contributed by atoms with Gasteiger partial charge in [-0.3, -0.25) is 4.79 Å². The van der Waals surface area contributed by atoms with Crippen molar-refractivity contribution in [1.82, 2.24) is 0 Å². The highest BCUT2D eigenvalue weighted by Crippen LogP contribution is 2.35. The molecule has 3 nitrogen and oxygen atoms in total. The molecule has 1 saturated carbocycles. The van der Waals surface area contributed by atoms with Crippen LogP contribution in [0.25, 0.3) is 0 Å². The molecule has 0 spiro atoms. The van der Waals surface area contributed by atoms with E-state index < -0.39 is 0 Å². The van der Waals surface area contributed by atoms with E-state index in [2.05, 4.69) is 0 Å². The zero-order chi connectivity index (χ0) is 13.4. The third-order valence-corrected chi connectivity index (χ3v) is 4.78. The zero-order valence-corrected chi connectivity index (χ0v) is 11.7. The van der Waals surface area contributed by atoms with Gasteiger partial charge < -0.3 is 10.6 Å². The molecule has 102 valence electrons. The van der Waals surface area contributed by atoms with Gasteiger partial charge in [-0.25, -0.2) is 0 Å². The molecule has 1 aromatic rings. The lowest BCUT2D eigenvalue weighted by Gasteiger charge is -2.21. The van der Waals surface area contributed by atoms with Gasteiger partial charge in [0.2, 0.25) is 5.91 Å². The second-order valence-electron chi connectivity index (χ2n) is 5.59. The molecule has 2 aliphatic rings. The Morgan fingerprint density at radius 2 is 2.26 bits per heavy atom. The van der Waals surface area contributed by atoms with E-state index in [-0.39, 0.29) is 11.9 Å². The van der Waals surface area contributed by atoms with Crippen molar-refractivity contribution < 1.29 is 4.79 Å². The lowest BCUT2D eigenvalue weighted by Crippen LogP contribution is -2.34. The van der Waals surface area contributed by atoms with E-state index in [1.54, 1.807) is 0 Å². The van der Waals surface area contributed by atoms with Crippen LogP contribution in [0.5, 0.6) is 0 Å². The summed E-state index contributed by atoms with van der Waals surface area (Å²) >= 11 is 6.18. The van der Waals surface area contributed by atoms with Gasteiger partial charge in [-0.2, -0.15) is 0 Å². The smallest absolute Gasteiger partial charge is 0.227 e. The molecule has 2 N–H and O–H groups in total. The fourth-order valence-electron chi connectivity index (χ4n) is 3.30. The Bertz CT molecular complexity index is 503. The molecule has 1 heterocycles. The minimum Gasteiger partial charge on any atom is -0.327 e. The summed E-state index contributed by atoms with van der Waals surface area (Å²) in [6, 6.07) is 5.99. The van der Waals surface area contributed by atoms with Crippen LogP contribution in [-0.4, -0.2) is 18.5 Å². The quantitative estimate of drug-likeness (QED) is 0.904. The van der Waals surface area contributed by atoms with Crippen LogP contribution < -0.4 is 10.6 Å². The largest absolute Gasteiger partial charge is 0.327 e. The van der Waals surface area contributed by atoms with Crippen molar-refractivity contribution in [1.29, 1.82) is 0 Å². The highest BCUT2D eigenvalue weighted by atomic mass is 35.5. The average Bonchev–Trinajstić information content (AvgIpc) is 2.97. The van der Waals surface area contributed by atoms with Crippen LogP contribution in [0.1, 0.15) is 31.2 Å². The normalized spacial score (nSPS) is 25.7. The summed E-state index contributed by atoms with van der Waals surface area (Å²) < 4.78 is 0. The molecule has 0 unspecified atom stereocenters. The van der Waals surface area contributed by atoms with Crippen LogP contribution in [0.15, 0.2) is 18.2 Å². The molecule has 0 aromatic heterocycles. The van der Waals surface area contributed by atoms with E-state index in [9.17, 15) is 4.79 Å². The maximum absolute atomic E-state index is 12.4. The predicted molar refractivity (Wildman–Crippen MR) is 77.4 cm³/mol. The van der Waals surface area contributed by atoms with Crippen LogP contribution in [0.3, 0.4) is 0 Å². The van der Waals surface area contributed by atoms with Gasteiger partial charge in [-0.05, 0) is 42.9 Å². The topological polar surface area (TPSA) is 46.3 Å². The van der Waals surface area contributed by atoms with Crippen molar-refractivity contribution >= 4 is 23.2 Å². The van der Waals surface area contributed by atoms with Gasteiger partial charge in [0.05, 0.1) is 0 Å². The first-order valence-corrected chi connectivity index (χ1v) is 7.38. The Kier molecular flexibility index (Phi) is 3.50. The molecule has 1 aromatic carbocycles. The molecule has 0 bridgehead atoms. The van der Waals surface area contributed by atoms with Crippen LogP contribution in [0, 0.1) is 5.92 Å². The number of nitrogens with two attached hydrogens (primary N) is 1. The number of benzene rings is 1. The maximum Gasteiger partial charge on any atom is 0.227 e. The molecule has 2 atom stereocenters. The number of nitrogens with zero attached hydrogens (tertiary/aromatic N) is 1. The first-order valence-electron chi connectivity index (χ1n) is 7.00. The molecular formula is C15H19ClN2O. The molecule has 19 heavy (non-hydrogen) atoms. The minimum atomic E-state index is 0.198. The van der Waals surface area contributed by atoms with E-state index in [1.807, 2.05) is 23.1 Å². The number of carbonyl (C=O) groups excluding carboxylic acids is 1. The summed E-state index contributed by atoms with van der Waals surface area (Å²) in [5.41, 5.74) is 8.15. The number of hydrogen-bond acceptors (Lipinski definition) is 2. The van der Waals surface area contributed by atoms with E-state index in [4.69, 9.17) is 17.3 Å². The average molecular weight is 279 g/mol. The summed E-state index contributed by atoms with van der Waals surface area (Å²) in [4.78, 5) is 14.3. The maximum atomic E-state index is 12.4. The van der Waals surface area contributed by atoms with Crippen molar-refractivity contribution in [3.63, 3.8) is 0 Å². The van der Waals surface area contributed by atoms with Crippen molar-refractivity contribution in [2.45, 2.75) is 38.1 Å². The second kappa shape index (κ2) is 5.14. The van der Waals surface area contributed by atoms with Gasteiger partial charge in [-0.1, -0.05) is 24.1 Å². The molecule has 1 aliphatic carbocycles. The van der Waals surface area contributed by atoms with Gasteiger partial charge in [0.15, 0.2) is 0 Å². The third-order valence-electron chi connectivity index (χ3n) is 4.43. The molecule has 0 radical (unpaired) electrons. The van der Waals surface area contributed by atoms with Crippen LogP contribution in [0.2, 0.25) is 5.02 Å². The summed E-state index contributed by atoms with van der Waals surface area (Å²) in [6.07, 6.45) is 4.73. The number of amides is 1. The fraction of sp³-hybridized carbons (Fsp3) is 0.533. The van der Waals surface area contributed by atoms with Crippen LogP contribution >= 0.6 is 11.6 Å². The first-order chi connectivity index (χ1) is 9.16. The molecule has 1 fully saturated rings. The van der Waals surface area contributed by atoms with E-state index in [1.165, 1.54) is 0 Å². The van der Waals surface area contributed by atoms with E-state index >= 15 is 0 Å². The zero-order valence-electron chi connectivity index (χ0n) is 10.9. The van der Waals surface area contributed by atoms with Crippen molar-refractivity contribution in [3.05, 3.63) is 28.8 Å². The summed E-state index contributed by atoms with van der Waals surface area (Å²) in [5, 5.41) is 0.769. The van der Waals surface area contributed by atoms with Crippen molar-refractivity contribution in [2.24, 2.45) is 11.7 Å². The Balaban J connectivity index is 1.74. The first kappa shape index (κ1) is 12.9. The lowest BCUT2D eigenvalue weighted by atomic mass is 9.99. The predicted octanol–water partition coefficient (Wildman–Crippen LogP) is 2.75. The van der Waals surface area contributed by atoms with Crippen molar-refractivity contribution in [3.8, 4) is 0 Å². The van der Waals surface area contributed by atoms with Gasteiger partial charge >= 0.3 is 0 Å². The number of fused-ring (bicyclic) bond motifs is 1. The Hall–Kier alpha value is -1.06. The number of rotatable bonds is 2. The number of halogens is 1. The Labute approximate surface area is 118 Å². The minimum absolute atomic E-state index is 0.198. The molecule has 1 amide bonds. The molecule has 4 heteroatoms. The van der Waals surface area contributed by atoms with Crippen LogP contribution in [0.4, 0.5) is 5.69 Å². The number of carbonyl (C=O) groups is 1. The van der Waals surface area contributed by atoms with E-state index in [0.29, 0.717) is 12.3 Å². The second-order valence-corrected chi connectivity index (χ2v) is 6.00. The molecule has 1 aliphatic heterocycles. The van der Waals surface area contributed by atoms with Gasteiger partial charge in [0.1, 0.15) is 0 Å². The fourth-order valence-corrected chi connectivity index (χ4v) is 3.57. The number of hydrogen-bond donors (Lipinski definition) is 1. The molecule has 3 rings (SSSR count). The van der Waals surface area contributed by atoms with E-state index in [0.717, 1.165) is 48.5 Å². The van der Waals surface area contributed by atoms with Gasteiger partial charge in [-0.15, -0.1) is 0 Å². The van der Waals surface area contributed by atoms with Crippen molar-refractivity contribution in [2.75, 3.05) is 11.4 Å². The summed E-state index contributed by atoms with van der Waals surface area (Å²) in [7, 11) is 0. The van der Waals surface area contributed by atoms with Gasteiger partial charge in [0, 0.05) is 29.7 Å². The molecule has 0 saturated heterocycles. The third kappa shape index (κ3) is 2.37. The van der Waals surface area contributed by atoms with Gasteiger partial charge in [0.25, 0.3) is 0 Å². The lowest BCUT2D eigenvalue weighted by molar-refractivity contribution is -0.119. The Morgan fingerprint density at radius 3 is 3.00 bits per heavy atom. The molecular weight excluding hydrogens is 260 g/mol. The Morgan fingerprint density at radius 1 is 1.42 bits per heavy atom.